The molecule has 1 amide bonds. The van der Waals surface area contributed by atoms with Crippen LogP contribution in [0.15, 0.2) is 24.3 Å². The summed E-state index contributed by atoms with van der Waals surface area (Å²) in [4.78, 5) is 25.3. The van der Waals surface area contributed by atoms with E-state index in [1.807, 2.05) is 6.07 Å². The summed E-state index contributed by atoms with van der Waals surface area (Å²) >= 11 is 3.43. The SMILES string of the molecule is CCOC(=O)c1cccc(N2CC(Br)CC2=O)c1. The minimum Gasteiger partial charge on any atom is -0.462 e. The summed E-state index contributed by atoms with van der Waals surface area (Å²) < 4.78 is 4.94. The third-order valence-corrected chi connectivity index (χ3v) is 3.36. The molecule has 0 spiro atoms. The molecule has 1 aromatic carbocycles. The van der Waals surface area contributed by atoms with Crippen LogP contribution in [0.5, 0.6) is 0 Å². The van der Waals surface area contributed by atoms with Gasteiger partial charge < -0.3 is 9.64 Å². The molecule has 1 fully saturated rings. The van der Waals surface area contributed by atoms with Crippen molar-refractivity contribution in [2.24, 2.45) is 0 Å². The molecule has 18 heavy (non-hydrogen) atoms. The molecule has 0 bridgehead atoms. The van der Waals surface area contributed by atoms with E-state index in [-0.39, 0.29) is 16.7 Å². The first-order valence-electron chi connectivity index (χ1n) is 5.83. The Balaban J connectivity index is 2.22. The van der Waals surface area contributed by atoms with Gasteiger partial charge in [-0.1, -0.05) is 22.0 Å². The number of carbonyl (C=O) groups excluding carboxylic acids is 2. The molecule has 0 N–H and O–H groups in total. The number of esters is 1. The van der Waals surface area contributed by atoms with E-state index in [9.17, 15) is 9.59 Å². The first kappa shape index (κ1) is 13.1. The van der Waals surface area contributed by atoms with Gasteiger partial charge in [0.2, 0.25) is 5.91 Å². The number of carbonyl (C=O) groups is 2. The smallest absolute Gasteiger partial charge is 0.338 e. The molecule has 0 aromatic heterocycles. The van der Waals surface area contributed by atoms with E-state index in [0.717, 1.165) is 5.69 Å². The normalized spacial score (nSPS) is 19.1. The number of hydrogen-bond acceptors (Lipinski definition) is 3. The Labute approximate surface area is 114 Å². The summed E-state index contributed by atoms with van der Waals surface area (Å²) in [5.41, 5.74) is 1.22. The third-order valence-electron chi connectivity index (χ3n) is 2.75. The van der Waals surface area contributed by atoms with E-state index in [1.165, 1.54) is 0 Å². The predicted octanol–water partition coefficient (Wildman–Crippen LogP) is 2.36. The summed E-state index contributed by atoms with van der Waals surface area (Å²) in [6, 6.07) is 6.97. The second-order valence-electron chi connectivity index (χ2n) is 4.08. The minimum atomic E-state index is -0.360. The number of alkyl halides is 1. The largest absolute Gasteiger partial charge is 0.462 e. The molecule has 1 unspecified atom stereocenters. The molecular formula is C13H14BrNO3. The van der Waals surface area contributed by atoms with Gasteiger partial charge in [-0.3, -0.25) is 4.79 Å². The molecule has 96 valence electrons. The first-order valence-corrected chi connectivity index (χ1v) is 6.75. The van der Waals surface area contributed by atoms with Gasteiger partial charge in [0, 0.05) is 23.5 Å². The van der Waals surface area contributed by atoms with Crippen molar-refractivity contribution in [1.29, 1.82) is 0 Å². The van der Waals surface area contributed by atoms with E-state index in [2.05, 4.69) is 15.9 Å². The summed E-state index contributed by atoms with van der Waals surface area (Å²) in [7, 11) is 0. The molecule has 1 heterocycles. The molecule has 1 aliphatic heterocycles. The van der Waals surface area contributed by atoms with Crippen LogP contribution in [-0.2, 0) is 9.53 Å². The predicted molar refractivity (Wildman–Crippen MR) is 72.1 cm³/mol. The molecule has 1 aliphatic rings. The zero-order valence-corrected chi connectivity index (χ0v) is 11.6. The van der Waals surface area contributed by atoms with Gasteiger partial charge in [-0.15, -0.1) is 0 Å². The fraction of sp³-hybridized carbons (Fsp3) is 0.385. The minimum absolute atomic E-state index is 0.0675. The second-order valence-corrected chi connectivity index (χ2v) is 5.37. The van der Waals surface area contributed by atoms with Crippen LogP contribution >= 0.6 is 15.9 Å². The number of nitrogens with zero attached hydrogens (tertiary/aromatic N) is 1. The highest BCUT2D eigenvalue weighted by Gasteiger charge is 2.29. The summed E-state index contributed by atoms with van der Waals surface area (Å²) in [5.74, 6) is -0.292. The van der Waals surface area contributed by atoms with Crippen molar-refractivity contribution < 1.29 is 14.3 Å². The summed E-state index contributed by atoms with van der Waals surface area (Å²) in [5, 5.41) is 0. The molecule has 1 aromatic rings. The molecule has 1 saturated heterocycles. The van der Waals surface area contributed by atoms with Crippen LogP contribution in [0.1, 0.15) is 23.7 Å². The molecular weight excluding hydrogens is 298 g/mol. The van der Waals surface area contributed by atoms with Gasteiger partial charge in [-0.2, -0.15) is 0 Å². The van der Waals surface area contributed by atoms with Gasteiger partial charge in [-0.25, -0.2) is 4.79 Å². The maximum Gasteiger partial charge on any atom is 0.338 e. The Kier molecular flexibility index (Phi) is 4.01. The van der Waals surface area contributed by atoms with E-state index in [0.29, 0.717) is 25.1 Å². The number of anilines is 1. The number of amides is 1. The Hall–Kier alpha value is -1.36. The van der Waals surface area contributed by atoms with Gasteiger partial charge in [-0.05, 0) is 25.1 Å². The maximum absolute atomic E-state index is 11.8. The molecule has 1 atom stereocenters. The van der Waals surface area contributed by atoms with Crippen molar-refractivity contribution >= 4 is 33.5 Å². The van der Waals surface area contributed by atoms with Crippen LogP contribution in [0, 0.1) is 0 Å². The molecule has 0 aliphatic carbocycles. The second kappa shape index (κ2) is 5.52. The maximum atomic E-state index is 11.8. The summed E-state index contributed by atoms with van der Waals surface area (Å²) in [6.45, 7) is 2.74. The fourth-order valence-electron chi connectivity index (χ4n) is 1.93. The number of ether oxygens (including phenoxy) is 1. The van der Waals surface area contributed by atoms with Crippen LogP contribution in [0.3, 0.4) is 0 Å². The Bertz CT molecular complexity index is 475. The van der Waals surface area contributed by atoms with Crippen LogP contribution in [0.4, 0.5) is 5.69 Å². The third kappa shape index (κ3) is 2.72. The highest BCUT2D eigenvalue weighted by Crippen LogP contribution is 2.25. The van der Waals surface area contributed by atoms with Crippen molar-refractivity contribution in [2.45, 2.75) is 18.2 Å². The Morgan fingerprint density at radius 3 is 2.94 bits per heavy atom. The molecule has 0 radical (unpaired) electrons. The van der Waals surface area contributed by atoms with Gasteiger partial charge in [0.25, 0.3) is 0 Å². The summed E-state index contributed by atoms with van der Waals surface area (Å²) in [6.07, 6.45) is 0.490. The van der Waals surface area contributed by atoms with Gasteiger partial charge in [0.1, 0.15) is 0 Å². The van der Waals surface area contributed by atoms with Gasteiger partial charge >= 0.3 is 5.97 Å². The number of benzene rings is 1. The number of rotatable bonds is 3. The van der Waals surface area contributed by atoms with Crippen molar-refractivity contribution in [2.75, 3.05) is 18.1 Å². The quantitative estimate of drug-likeness (QED) is 0.636. The van der Waals surface area contributed by atoms with Crippen LogP contribution in [0.2, 0.25) is 0 Å². The van der Waals surface area contributed by atoms with E-state index < -0.39 is 0 Å². The lowest BCUT2D eigenvalue weighted by molar-refractivity contribution is -0.117. The van der Waals surface area contributed by atoms with Crippen LogP contribution in [0.25, 0.3) is 0 Å². The lowest BCUT2D eigenvalue weighted by Gasteiger charge is -2.16. The number of halogens is 1. The molecule has 2 rings (SSSR count). The Morgan fingerprint density at radius 2 is 2.33 bits per heavy atom. The van der Waals surface area contributed by atoms with Gasteiger partial charge in [0.05, 0.1) is 12.2 Å². The van der Waals surface area contributed by atoms with Crippen molar-refractivity contribution in [3.05, 3.63) is 29.8 Å². The zero-order valence-electron chi connectivity index (χ0n) is 10.1. The monoisotopic (exact) mass is 311 g/mol. The average molecular weight is 312 g/mol. The Morgan fingerprint density at radius 1 is 1.56 bits per heavy atom. The highest BCUT2D eigenvalue weighted by molar-refractivity contribution is 9.09. The molecule has 4 nitrogen and oxygen atoms in total. The highest BCUT2D eigenvalue weighted by atomic mass is 79.9. The lowest BCUT2D eigenvalue weighted by Crippen LogP contribution is -2.24. The zero-order chi connectivity index (χ0) is 13.1. The molecule has 0 saturated carbocycles. The van der Waals surface area contributed by atoms with Crippen molar-refractivity contribution in [3.8, 4) is 0 Å². The van der Waals surface area contributed by atoms with E-state index >= 15 is 0 Å². The van der Waals surface area contributed by atoms with Crippen LogP contribution in [-0.4, -0.2) is 29.9 Å². The van der Waals surface area contributed by atoms with Crippen molar-refractivity contribution in [1.82, 2.24) is 0 Å². The van der Waals surface area contributed by atoms with E-state index in [1.54, 1.807) is 30.0 Å². The van der Waals surface area contributed by atoms with E-state index in [4.69, 9.17) is 4.74 Å². The van der Waals surface area contributed by atoms with Gasteiger partial charge in [0.15, 0.2) is 0 Å². The lowest BCUT2D eigenvalue weighted by atomic mass is 10.2. The molecule has 5 heteroatoms. The fourth-order valence-corrected chi connectivity index (χ4v) is 2.50. The van der Waals surface area contributed by atoms with Crippen LogP contribution < -0.4 is 4.90 Å². The van der Waals surface area contributed by atoms with Crippen molar-refractivity contribution in [3.63, 3.8) is 0 Å². The standard InChI is InChI=1S/C13H14BrNO3/c1-2-18-13(17)9-4-3-5-11(6-9)15-8-10(14)7-12(15)16/h3-6,10H,2,7-8H2,1H3. The topological polar surface area (TPSA) is 46.6 Å². The number of hydrogen-bond donors (Lipinski definition) is 0. The first-order chi connectivity index (χ1) is 8.61. The average Bonchev–Trinajstić information content (AvgIpc) is 2.69.